The number of nitrogens with one attached hydrogen (secondary N) is 1. The molecular weight excluding hydrogens is 256 g/mol. The van der Waals surface area contributed by atoms with Crippen LogP contribution in [0.4, 0.5) is 5.82 Å². The minimum Gasteiger partial charge on any atom is -0.462 e. The van der Waals surface area contributed by atoms with Crippen molar-refractivity contribution in [1.82, 2.24) is 4.98 Å². The third kappa shape index (κ3) is 3.28. The van der Waals surface area contributed by atoms with Crippen LogP contribution in [0.15, 0.2) is 18.3 Å². The highest BCUT2D eigenvalue weighted by atomic mass is 16.5. The lowest BCUT2D eigenvalue weighted by Crippen LogP contribution is -2.31. The fourth-order valence-electron chi connectivity index (χ4n) is 2.71. The van der Waals surface area contributed by atoms with E-state index in [0.29, 0.717) is 24.5 Å². The Labute approximate surface area is 119 Å². The zero-order valence-corrected chi connectivity index (χ0v) is 11.9. The Hall–Kier alpha value is -1.62. The maximum atomic E-state index is 11.9. The summed E-state index contributed by atoms with van der Waals surface area (Å²) >= 11 is 0. The van der Waals surface area contributed by atoms with E-state index in [1.54, 1.807) is 25.3 Å². The zero-order valence-electron chi connectivity index (χ0n) is 11.9. The van der Waals surface area contributed by atoms with Gasteiger partial charge in [-0.3, -0.25) is 0 Å². The highest BCUT2D eigenvalue weighted by Gasteiger charge is 2.33. The topological polar surface area (TPSA) is 71.5 Å². The Morgan fingerprint density at radius 2 is 2.25 bits per heavy atom. The summed E-state index contributed by atoms with van der Waals surface area (Å²) in [6, 6.07) is 3.42. The van der Waals surface area contributed by atoms with E-state index in [4.69, 9.17) is 4.74 Å². The summed E-state index contributed by atoms with van der Waals surface area (Å²) in [7, 11) is 0. The summed E-state index contributed by atoms with van der Waals surface area (Å²) < 4.78 is 5.02. The molecule has 1 aromatic heterocycles. The van der Waals surface area contributed by atoms with Gasteiger partial charge in [-0.15, -0.1) is 0 Å². The number of hydrogen-bond acceptors (Lipinski definition) is 5. The molecule has 110 valence electrons. The van der Waals surface area contributed by atoms with Gasteiger partial charge in [0.1, 0.15) is 11.4 Å². The quantitative estimate of drug-likeness (QED) is 0.781. The molecule has 0 unspecified atom stereocenters. The Morgan fingerprint density at radius 3 is 2.90 bits per heavy atom. The predicted molar refractivity (Wildman–Crippen MR) is 76.7 cm³/mol. The van der Waals surface area contributed by atoms with E-state index < -0.39 is 0 Å². The van der Waals surface area contributed by atoms with Gasteiger partial charge >= 0.3 is 5.97 Å². The number of aliphatic hydroxyl groups is 1. The summed E-state index contributed by atoms with van der Waals surface area (Å²) in [5.74, 6) is 0.165. The van der Waals surface area contributed by atoms with E-state index in [1.807, 2.05) is 0 Å². The molecule has 1 saturated carbocycles. The van der Waals surface area contributed by atoms with Gasteiger partial charge in [-0.2, -0.15) is 0 Å². The number of ether oxygens (including phenoxy) is 1. The van der Waals surface area contributed by atoms with Gasteiger partial charge in [-0.1, -0.05) is 12.8 Å². The van der Waals surface area contributed by atoms with Crippen molar-refractivity contribution in [2.24, 2.45) is 5.41 Å². The van der Waals surface area contributed by atoms with Gasteiger partial charge in [-0.05, 0) is 31.9 Å². The number of nitrogens with zero attached hydrogens (tertiary/aromatic N) is 1. The Morgan fingerprint density at radius 1 is 1.50 bits per heavy atom. The minimum atomic E-state index is -0.368. The summed E-state index contributed by atoms with van der Waals surface area (Å²) in [6.45, 7) is 2.92. The largest absolute Gasteiger partial charge is 0.462 e. The van der Waals surface area contributed by atoms with E-state index in [1.165, 1.54) is 0 Å². The maximum absolute atomic E-state index is 11.9. The number of anilines is 1. The fourth-order valence-corrected chi connectivity index (χ4v) is 2.71. The van der Waals surface area contributed by atoms with Crippen LogP contribution in [0.2, 0.25) is 0 Å². The van der Waals surface area contributed by atoms with Crippen molar-refractivity contribution in [1.29, 1.82) is 0 Å². The first-order valence-electron chi connectivity index (χ1n) is 7.18. The smallest absolute Gasteiger partial charge is 0.341 e. The lowest BCUT2D eigenvalue weighted by atomic mass is 9.87. The van der Waals surface area contributed by atoms with E-state index in [-0.39, 0.29) is 18.0 Å². The van der Waals surface area contributed by atoms with Crippen molar-refractivity contribution in [3.8, 4) is 0 Å². The molecule has 2 rings (SSSR count). The third-order valence-corrected chi connectivity index (χ3v) is 3.93. The Balaban J connectivity index is 2.07. The molecule has 0 bridgehead atoms. The SMILES string of the molecule is CCOC(=O)c1cccnc1NCC1(CO)CCCC1. The van der Waals surface area contributed by atoms with Crippen molar-refractivity contribution in [3.63, 3.8) is 0 Å². The van der Waals surface area contributed by atoms with Crippen molar-refractivity contribution in [2.75, 3.05) is 25.1 Å². The second-order valence-corrected chi connectivity index (χ2v) is 5.34. The number of pyridine rings is 1. The van der Waals surface area contributed by atoms with Crippen LogP contribution in [0.25, 0.3) is 0 Å². The van der Waals surface area contributed by atoms with Crippen LogP contribution >= 0.6 is 0 Å². The van der Waals surface area contributed by atoms with Crippen LogP contribution in [0.5, 0.6) is 0 Å². The molecule has 1 heterocycles. The van der Waals surface area contributed by atoms with Gasteiger partial charge in [0.15, 0.2) is 0 Å². The number of rotatable bonds is 6. The number of hydrogen-bond donors (Lipinski definition) is 2. The van der Waals surface area contributed by atoms with E-state index in [0.717, 1.165) is 25.7 Å². The summed E-state index contributed by atoms with van der Waals surface area (Å²) in [6.07, 6.45) is 5.96. The molecular formula is C15H22N2O3. The molecule has 1 aliphatic rings. The van der Waals surface area contributed by atoms with Crippen LogP contribution in [-0.4, -0.2) is 35.8 Å². The molecule has 1 fully saturated rings. The van der Waals surface area contributed by atoms with E-state index >= 15 is 0 Å². The molecule has 0 amide bonds. The van der Waals surface area contributed by atoms with Crippen LogP contribution in [0.3, 0.4) is 0 Å². The Bertz CT molecular complexity index is 456. The van der Waals surface area contributed by atoms with Crippen molar-refractivity contribution < 1.29 is 14.6 Å². The number of carbonyl (C=O) groups is 1. The van der Waals surface area contributed by atoms with Gasteiger partial charge in [0.25, 0.3) is 0 Å². The average molecular weight is 278 g/mol. The van der Waals surface area contributed by atoms with Crippen molar-refractivity contribution in [2.45, 2.75) is 32.6 Å². The standard InChI is InChI=1S/C15H22N2O3/c1-2-20-14(19)12-6-5-9-16-13(12)17-10-15(11-18)7-3-4-8-15/h5-6,9,18H,2-4,7-8,10-11H2,1H3,(H,16,17). The molecule has 0 radical (unpaired) electrons. The number of esters is 1. The monoisotopic (exact) mass is 278 g/mol. The number of aliphatic hydroxyl groups excluding tert-OH is 1. The summed E-state index contributed by atoms with van der Waals surface area (Å²) in [5, 5.41) is 12.8. The molecule has 2 N–H and O–H groups in total. The second kappa shape index (κ2) is 6.70. The second-order valence-electron chi connectivity index (χ2n) is 5.34. The molecule has 0 aromatic carbocycles. The van der Waals surface area contributed by atoms with Crippen molar-refractivity contribution in [3.05, 3.63) is 23.9 Å². The van der Waals surface area contributed by atoms with Gasteiger partial charge < -0.3 is 15.2 Å². The van der Waals surface area contributed by atoms with E-state index in [2.05, 4.69) is 10.3 Å². The van der Waals surface area contributed by atoms with Crippen LogP contribution in [0.1, 0.15) is 43.0 Å². The maximum Gasteiger partial charge on any atom is 0.341 e. The number of carbonyl (C=O) groups excluding carboxylic acids is 1. The van der Waals surface area contributed by atoms with Gasteiger partial charge in [0, 0.05) is 18.2 Å². The first-order valence-corrected chi connectivity index (χ1v) is 7.18. The highest BCUT2D eigenvalue weighted by molar-refractivity contribution is 5.94. The number of aromatic nitrogens is 1. The predicted octanol–water partition coefficient (Wildman–Crippen LogP) is 2.22. The summed E-state index contributed by atoms with van der Waals surface area (Å²) in [4.78, 5) is 16.1. The molecule has 0 aliphatic heterocycles. The van der Waals surface area contributed by atoms with Crippen LogP contribution in [-0.2, 0) is 4.74 Å². The Kier molecular flexibility index (Phi) is 4.95. The molecule has 1 aromatic rings. The third-order valence-electron chi connectivity index (χ3n) is 3.93. The normalized spacial score (nSPS) is 16.9. The molecule has 1 aliphatic carbocycles. The van der Waals surface area contributed by atoms with Crippen LogP contribution < -0.4 is 5.32 Å². The van der Waals surface area contributed by atoms with Gasteiger partial charge in [0.05, 0.1) is 13.2 Å². The highest BCUT2D eigenvalue weighted by Crippen LogP contribution is 2.37. The molecule has 0 saturated heterocycles. The minimum absolute atomic E-state index is 0.0799. The molecule has 0 spiro atoms. The first-order chi connectivity index (χ1) is 9.71. The lowest BCUT2D eigenvalue weighted by molar-refractivity contribution is 0.0527. The molecule has 5 nitrogen and oxygen atoms in total. The molecule has 0 atom stereocenters. The first kappa shape index (κ1) is 14.8. The lowest BCUT2D eigenvalue weighted by Gasteiger charge is -2.27. The van der Waals surface area contributed by atoms with Gasteiger partial charge in [-0.25, -0.2) is 9.78 Å². The zero-order chi connectivity index (χ0) is 14.4. The fraction of sp³-hybridized carbons (Fsp3) is 0.600. The van der Waals surface area contributed by atoms with E-state index in [9.17, 15) is 9.90 Å². The van der Waals surface area contributed by atoms with Gasteiger partial charge in [0.2, 0.25) is 0 Å². The average Bonchev–Trinajstić information content (AvgIpc) is 2.95. The van der Waals surface area contributed by atoms with Crippen LogP contribution in [0, 0.1) is 5.41 Å². The summed E-state index contributed by atoms with van der Waals surface area (Å²) in [5.41, 5.74) is 0.365. The molecule has 5 heteroatoms. The van der Waals surface area contributed by atoms with Crippen molar-refractivity contribution >= 4 is 11.8 Å². The molecule has 20 heavy (non-hydrogen) atoms.